The molecule has 19 heavy (non-hydrogen) atoms. The maximum absolute atomic E-state index is 5.75. The van der Waals surface area contributed by atoms with Crippen LogP contribution in [0.4, 0.5) is 0 Å². The fraction of sp³-hybridized carbons (Fsp3) is 0.429. The molecule has 0 aliphatic rings. The maximum Gasteiger partial charge on any atom is 0.164 e. The molecule has 1 heterocycles. The van der Waals surface area contributed by atoms with Crippen LogP contribution in [-0.2, 0) is 13.7 Å². The lowest BCUT2D eigenvalue weighted by molar-refractivity contribution is 0.289. The molecule has 1 aromatic heterocycles. The van der Waals surface area contributed by atoms with Crippen LogP contribution in [0.2, 0.25) is 0 Å². The van der Waals surface area contributed by atoms with Gasteiger partial charge in [0.2, 0.25) is 0 Å². The van der Waals surface area contributed by atoms with E-state index < -0.39 is 0 Å². The van der Waals surface area contributed by atoms with Gasteiger partial charge < -0.3 is 10.1 Å². The van der Waals surface area contributed by atoms with Crippen molar-refractivity contribution < 1.29 is 4.74 Å². The summed E-state index contributed by atoms with van der Waals surface area (Å²) < 4.78 is 7.46. The molecular formula is C14H20N4O. The summed E-state index contributed by atoms with van der Waals surface area (Å²) in [7, 11) is 1.86. The lowest BCUT2D eigenvalue weighted by Gasteiger charge is -2.14. The molecule has 5 nitrogen and oxygen atoms in total. The van der Waals surface area contributed by atoms with Gasteiger partial charge in [-0.3, -0.25) is 4.68 Å². The van der Waals surface area contributed by atoms with Gasteiger partial charge in [0.15, 0.2) is 5.82 Å². The van der Waals surface area contributed by atoms with Crippen molar-refractivity contribution in [3.05, 3.63) is 42.0 Å². The van der Waals surface area contributed by atoms with Crippen LogP contribution < -0.4 is 10.1 Å². The predicted molar refractivity (Wildman–Crippen MR) is 73.9 cm³/mol. The smallest absolute Gasteiger partial charge is 0.164 e. The molecule has 0 saturated carbocycles. The van der Waals surface area contributed by atoms with Gasteiger partial charge >= 0.3 is 0 Å². The summed E-state index contributed by atoms with van der Waals surface area (Å²) >= 11 is 0. The molecule has 102 valence electrons. The monoisotopic (exact) mass is 260 g/mol. The minimum atomic E-state index is 0.323. The minimum Gasteiger partial charge on any atom is -0.486 e. The first-order valence-electron chi connectivity index (χ1n) is 6.49. The van der Waals surface area contributed by atoms with Crippen LogP contribution in [0.1, 0.15) is 31.3 Å². The Bertz CT molecular complexity index is 524. The van der Waals surface area contributed by atoms with Gasteiger partial charge in [-0.15, -0.1) is 0 Å². The second-order valence-corrected chi connectivity index (χ2v) is 4.44. The zero-order valence-corrected chi connectivity index (χ0v) is 11.6. The van der Waals surface area contributed by atoms with Gasteiger partial charge in [0.05, 0.1) is 0 Å². The first-order valence-corrected chi connectivity index (χ1v) is 6.49. The molecule has 2 aromatic rings. The average Bonchev–Trinajstić information content (AvgIpc) is 2.82. The molecule has 1 N–H and O–H groups in total. The van der Waals surface area contributed by atoms with Crippen molar-refractivity contribution in [3.8, 4) is 5.75 Å². The standard InChI is InChI=1S/C14H20N4O/c1-4-15-11(2)12-6-5-7-13(8-12)19-9-14-16-10-17-18(14)3/h5-8,10-11,15H,4,9H2,1-3H3. The predicted octanol–water partition coefficient (Wildman–Crippen LogP) is 2.06. The fourth-order valence-corrected chi connectivity index (χ4v) is 1.90. The van der Waals surface area contributed by atoms with Crippen LogP contribution in [0.3, 0.4) is 0 Å². The van der Waals surface area contributed by atoms with Crippen molar-refractivity contribution >= 4 is 0 Å². The molecule has 1 atom stereocenters. The van der Waals surface area contributed by atoms with Gasteiger partial charge in [0.1, 0.15) is 18.7 Å². The maximum atomic E-state index is 5.75. The van der Waals surface area contributed by atoms with Gasteiger partial charge in [-0.1, -0.05) is 19.1 Å². The van der Waals surface area contributed by atoms with Crippen molar-refractivity contribution in [1.82, 2.24) is 20.1 Å². The topological polar surface area (TPSA) is 52.0 Å². The number of hydrogen-bond acceptors (Lipinski definition) is 4. The number of hydrogen-bond donors (Lipinski definition) is 1. The summed E-state index contributed by atoms with van der Waals surface area (Å²) in [6.45, 7) is 5.62. The molecule has 1 unspecified atom stereocenters. The Hall–Kier alpha value is -1.88. The van der Waals surface area contributed by atoms with Crippen LogP contribution in [-0.4, -0.2) is 21.3 Å². The van der Waals surface area contributed by atoms with E-state index in [1.807, 2.05) is 19.2 Å². The van der Waals surface area contributed by atoms with E-state index in [1.54, 1.807) is 4.68 Å². The molecule has 5 heteroatoms. The summed E-state index contributed by atoms with van der Waals surface area (Å²) in [5.74, 6) is 1.66. The highest BCUT2D eigenvalue weighted by atomic mass is 16.5. The summed E-state index contributed by atoms with van der Waals surface area (Å²) in [5.41, 5.74) is 1.22. The Kier molecular flexibility index (Phi) is 4.52. The van der Waals surface area contributed by atoms with E-state index in [4.69, 9.17) is 4.74 Å². The second kappa shape index (κ2) is 6.33. The van der Waals surface area contributed by atoms with E-state index >= 15 is 0 Å². The Morgan fingerprint density at radius 1 is 1.42 bits per heavy atom. The zero-order valence-electron chi connectivity index (χ0n) is 11.6. The largest absolute Gasteiger partial charge is 0.486 e. The highest BCUT2D eigenvalue weighted by Crippen LogP contribution is 2.19. The van der Waals surface area contributed by atoms with Crippen molar-refractivity contribution in [2.75, 3.05) is 6.54 Å². The SMILES string of the molecule is CCNC(C)c1cccc(OCc2ncnn2C)c1. The molecular weight excluding hydrogens is 240 g/mol. The molecule has 0 saturated heterocycles. The van der Waals surface area contributed by atoms with Crippen molar-refractivity contribution in [2.45, 2.75) is 26.5 Å². The van der Waals surface area contributed by atoms with Crippen molar-refractivity contribution in [2.24, 2.45) is 7.05 Å². The number of benzene rings is 1. The fourth-order valence-electron chi connectivity index (χ4n) is 1.90. The van der Waals surface area contributed by atoms with E-state index in [0.29, 0.717) is 12.6 Å². The third-order valence-electron chi connectivity index (χ3n) is 3.04. The number of ether oxygens (including phenoxy) is 1. The van der Waals surface area contributed by atoms with Crippen LogP contribution in [0.25, 0.3) is 0 Å². The number of rotatable bonds is 6. The zero-order chi connectivity index (χ0) is 13.7. The van der Waals surface area contributed by atoms with Crippen LogP contribution in [0, 0.1) is 0 Å². The molecule has 0 bridgehead atoms. The average molecular weight is 260 g/mol. The summed E-state index contributed by atoms with van der Waals surface area (Å²) in [6, 6.07) is 8.45. The third-order valence-corrected chi connectivity index (χ3v) is 3.04. The van der Waals surface area contributed by atoms with E-state index in [2.05, 4.69) is 41.4 Å². The summed E-state index contributed by atoms with van der Waals surface area (Å²) in [6.07, 6.45) is 1.53. The second-order valence-electron chi connectivity index (χ2n) is 4.44. The van der Waals surface area contributed by atoms with Gasteiger partial charge in [-0.2, -0.15) is 5.10 Å². The molecule has 0 fully saturated rings. The van der Waals surface area contributed by atoms with E-state index in [9.17, 15) is 0 Å². The number of nitrogens with zero attached hydrogens (tertiary/aromatic N) is 3. The van der Waals surface area contributed by atoms with Gasteiger partial charge in [0, 0.05) is 13.1 Å². The van der Waals surface area contributed by atoms with Gasteiger partial charge in [-0.05, 0) is 31.2 Å². The molecule has 0 aliphatic heterocycles. The highest BCUT2D eigenvalue weighted by molar-refractivity contribution is 5.30. The Morgan fingerprint density at radius 3 is 2.95 bits per heavy atom. The van der Waals surface area contributed by atoms with Crippen molar-refractivity contribution in [1.29, 1.82) is 0 Å². The molecule has 0 aliphatic carbocycles. The molecule has 0 spiro atoms. The van der Waals surface area contributed by atoms with Crippen LogP contribution >= 0.6 is 0 Å². The molecule has 2 rings (SSSR count). The minimum absolute atomic E-state index is 0.323. The van der Waals surface area contributed by atoms with Gasteiger partial charge in [-0.25, -0.2) is 4.98 Å². The van der Waals surface area contributed by atoms with Crippen LogP contribution in [0.5, 0.6) is 5.75 Å². The number of aromatic nitrogens is 3. The van der Waals surface area contributed by atoms with E-state index in [1.165, 1.54) is 11.9 Å². The quantitative estimate of drug-likeness (QED) is 0.864. The lowest BCUT2D eigenvalue weighted by atomic mass is 10.1. The molecule has 0 radical (unpaired) electrons. The van der Waals surface area contributed by atoms with Crippen molar-refractivity contribution in [3.63, 3.8) is 0 Å². The Morgan fingerprint density at radius 2 is 2.26 bits per heavy atom. The lowest BCUT2D eigenvalue weighted by Crippen LogP contribution is -2.17. The summed E-state index contributed by atoms with van der Waals surface area (Å²) in [5, 5.41) is 7.40. The first-order chi connectivity index (χ1) is 9.20. The highest BCUT2D eigenvalue weighted by Gasteiger charge is 2.06. The third kappa shape index (κ3) is 3.54. The summed E-state index contributed by atoms with van der Waals surface area (Å²) in [4.78, 5) is 4.13. The van der Waals surface area contributed by atoms with E-state index in [0.717, 1.165) is 18.1 Å². The normalized spacial score (nSPS) is 12.4. The first kappa shape index (κ1) is 13.5. The van der Waals surface area contributed by atoms with Crippen LogP contribution in [0.15, 0.2) is 30.6 Å². The number of aryl methyl sites for hydroxylation is 1. The molecule has 1 aromatic carbocycles. The Balaban J connectivity index is 2.01. The molecule has 0 amide bonds. The Labute approximate surface area is 113 Å². The van der Waals surface area contributed by atoms with E-state index in [-0.39, 0.29) is 0 Å². The van der Waals surface area contributed by atoms with Gasteiger partial charge in [0.25, 0.3) is 0 Å². The number of nitrogens with one attached hydrogen (secondary N) is 1.